The van der Waals surface area contributed by atoms with Crippen LogP contribution >= 0.6 is 35.0 Å². The molecule has 4 aromatic heterocycles. The SMILES string of the molecule is CB(O)N1CCC(Oc2ccc(Nc3ncc(Cl)cc3[N+](=O)[O-])cc2)CC1.CSc1nc2cc(Cl)cnc2n1-c1ccc(OC2CCN(Cc3ccnc(N)c3)CC2)cc1. The van der Waals surface area contributed by atoms with Gasteiger partial charge in [-0.15, -0.1) is 0 Å². The number of nitrogens with one attached hydrogen (secondary N) is 1. The number of fused-ring (bicyclic) bond motifs is 1. The van der Waals surface area contributed by atoms with Crippen LogP contribution < -0.4 is 20.5 Å². The van der Waals surface area contributed by atoms with Crippen LogP contribution in [0.4, 0.5) is 23.0 Å². The first-order chi connectivity index (χ1) is 29.0. The molecule has 6 heterocycles. The number of rotatable bonds is 12. The largest absolute Gasteiger partial charge is 0.490 e. The van der Waals surface area contributed by atoms with Crippen LogP contribution in [0.15, 0.2) is 96.5 Å². The van der Waals surface area contributed by atoms with E-state index in [-0.39, 0.29) is 28.7 Å². The third-order valence-electron chi connectivity index (χ3n) is 10.3. The van der Waals surface area contributed by atoms with E-state index < -0.39 is 12.0 Å². The van der Waals surface area contributed by atoms with Crippen molar-refractivity contribution in [1.29, 1.82) is 0 Å². The minimum Gasteiger partial charge on any atom is -0.490 e. The molecule has 0 unspecified atom stereocenters. The van der Waals surface area contributed by atoms with Crippen molar-refractivity contribution < 1.29 is 19.4 Å². The average molecular weight is 872 g/mol. The predicted octanol–water partition coefficient (Wildman–Crippen LogP) is 8.16. The van der Waals surface area contributed by atoms with Gasteiger partial charge in [0.05, 0.1) is 15.0 Å². The van der Waals surface area contributed by atoms with Crippen molar-refractivity contribution in [3.8, 4) is 17.2 Å². The average Bonchev–Trinajstić information content (AvgIpc) is 3.61. The van der Waals surface area contributed by atoms with Gasteiger partial charge in [-0.25, -0.2) is 19.9 Å². The molecular weight excluding hydrogens is 826 g/mol. The fraction of sp³-hybridized carbons (Fsp3) is 0.317. The third-order valence-corrected chi connectivity index (χ3v) is 11.3. The van der Waals surface area contributed by atoms with Crippen molar-refractivity contribution in [1.82, 2.24) is 34.2 Å². The number of hydrogen-bond acceptors (Lipinski definition) is 14. The molecule has 0 bridgehead atoms. The molecule has 19 heteroatoms. The number of pyridine rings is 3. The Hall–Kier alpha value is -5.17. The summed E-state index contributed by atoms with van der Waals surface area (Å²) in [6.45, 7) is 6.26. The van der Waals surface area contributed by atoms with Crippen LogP contribution in [-0.4, -0.2) is 95.9 Å². The Morgan fingerprint density at radius 3 is 2.13 bits per heavy atom. The lowest BCUT2D eigenvalue weighted by Crippen LogP contribution is -2.45. The molecule has 2 saturated heterocycles. The van der Waals surface area contributed by atoms with Crippen molar-refractivity contribution >= 4 is 76.2 Å². The van der Waals surface area contributed by atoms with E-state index in [1.165, 1.54) is 17.8 Å². The highest BCUT2D eigenvalue weighted by Crippen LogP contribution is 2.31. The number of halogens is 2. The molecular formula is C41H45BCl2N10O5S. The summed E-state index contributed by atoms with van der Waals surface area (Å²) in [6, 6.07) is 22.4. The van der Waals surface area contributed by atoms with Crippen LogP contribution in [-0.2, 0) is 6.54 Å². The minimum atomic E-state index is -0.529. The Balaban J connectivity index is 0.000000186. The number of hydrogen-bond donors (Lipinski definition) is 3. The number of nitrogens with two attached hydrogens (primary N) is 1. The van der Waals surface area contributed by atoms with Crippen LogP contribution in [0, 0.1) is 10.1 Å². The van der Waals surface area contributed by atoms with Gasteiger partial charge in [-0.05, 0) is 124 Å². The fourth-order valence-corrected chi connectivity index (χ4v) is 8.04. The highest BCUT2D eigenvalue weighted by atomic mass is 35.5. The number of anilines is 3. The van der Waals surface area contributed by atoms with E-state index in [1.54, 1.807) is 43.1 Å². The lowest BCUT2D eigenvalue weighted by Gasteiger charge is -2.32. The number of aromatic nitrogens is 5. The van der Waals surface area contributed by atoms with Crippen LogP contribution in [0.1, 0.15) is 31.2 Å². The monoisotopic (exact) mass is 870 g/mol. The first-order valence-electron chi connectivity index (χ1n) is 19.5. The zero-order valence-corrected chi connectivity index (χ0v) is 35.5. The summed E-state index contributed by atoms with van der Waals surface area (Å²) < 4.78 is 14.3. The normalized spacial score (nSPS) is 15.3. The summed E-state index contributed by atoms with van der Waals surface area (Å²) in [6.07, 6.45) is 10.8. The second-order valence-corrected chi connectivity index (χ2v) is 16.2. The van der Waals surface area contributed by atoms with Crippen LogP contribution in [0.2, 0.25) is 16.9 Å². The van der Waals surface area contributed by atoms with E-state index in [4.69, 9.17) is 38.4 Å². The molecule has 4 N–H and O–H groups in total. The second kappa shape index (κ2) is 19.9. The fourth-order valence-electron chi connectivity index (χ4n) is 7.17. The standard InChI is InChI=1S/C24H25ClN6OS.C17H20BClN4O4/c1-33-24-29-21-13-17(25)14-28-23(21)31(24)18-2-4-19(5-3-18)32-20-7-10-30(11-8-20)15-16-6-9-27-22(26)12-16;1-18(24)22-8-6-15(7-9-22)27-14-4-2-13(3-5-14)21-17-16(23(25)26)10-12(19)11-20-17/h2-6,9,12-14,20H,7-8,10-11,15H2,1H3,(H2,26,27);2-5,10-11,15,24H,6-9H2,1H3,(H,20,21). The maximum absolute atomic E-state index is 11.1. The number of imidazole rings is 1. The maximum atomic E-state index is 11.1. The summed E-state index contributed by atoms with van der Waals surface area (Å²) in [7, 11) is -0.429. The zero-order chi connectivity index (χ0) is 42.2. The summed E-state index contributed by atoms with van der Waals surface area (Å²) in [5, 5.41) is 25.3. The zero-order valence-electron chi connectivity index (χ0n) is 33.2. The number of ether oxygens (including phenoxy) is 2. The summed E-state index contributed by atoms with van der Waals surface area (Å²) >= 11 is 13.4. The molecule has 8 rings (SSSR count). The third kappa shape index (κ3) is 11.2. The van der Waals surface area contributed by atoms with E-state index in [0.717, 1.165) is 91.9 Å². The topological polar surface area (TPSA) is 183 Å². The molecule has 0 atom stereocenters. The lowest BCUT2D eigenvalue weighted by atomic mass is 9.82. The van der Waals surface area contributed by atoms with E-state index in [1.807, 2.05) is 58.1 Å². The van der Waals surface area contributed by atoms with Gasteiger partial charge in [0, 0.05) is 55.7 Å². The van der Waals surface area contributed by atoms with Crippen molar-refractivity contribution in [3.63, 3.8) is 0 Å². The van der Waals surface area contributed by atoms with Crippen molar-refractivity contribution in [2.75, 3.05) is 43.5 Å². The number of nitrogens with zero attached hydrogens (tertiary/aromatic N) is 8. The predicted molar refractivity (Wildman–Crippen MR) is 238 cm³/mol. The van der Waals surface area contributed by atoms with Gasteiger partial charge in [-0.1, -0.05) is 35.0 Å². The molecule has 2 aromatic carbocycles. The lowest BCUT2D eigenvalue weighted by molar-refractivity contribution is -0.384. The molecule has 60 heavy (non-hydrogen) atoms. The maximum Gasteiger partial charge on any atom is 0.376 e. The van der Waals surface area contributed by atoms with E-state index in [2.05, 4.69) is 42.3 Å². The first kappa shape index (κ1) is 42.9. The molecule has 2 aliphatic heterocycles. The molecule has 0 aliphatic carbocycles. The highest BCUT2D eigenvalue weighted by Gasteiger charge is 2.25. The van der Waals surface area contributed by atoms with Gasteiger partial charge >= 0.3 is 12.7 Å². The first-order valence-corrected chi connectivity index (χ1v) is 21.5. The molecule has 0 radical (unpaired) electrons. The van der Waals surface area contributed by atoms with Crippen LogP contribution in [0.5, 0.6) is 11.5 Å². The van der Waals surface area contributed by atoms with Crippen molar-refractivity contribution in [3.05, 3.63) is 117 Å². The van der Waals surface area contributed by atoms with Crippen LogP contribution in [0.3, 0.4) is 0 Å². The van der Waals surface area contributed by atoms with Crippen LogP contribution in [0.25, 0.3) is 16.9 Å². The van der Waals surface area contributed by atoms with Crippen molar-refractivity contribution in [2.24, 2.45) is 0 Å². The smallest absolute Gasteiger partial charge is 0.376 e. The van der Waals surface area contributed by atoms with E-state index in [9.17, 15) is 15.1 Å². The summed E-state index contributed by atoms with van der Waals surface area (Å²) in [5.74, 6) is 2.31. The molecule has 15 nitrogen and oxygen atoms in total. The molecule has 0 saturated carbocycles. The quantitative estimate of drug-likeness (QED) is 0.0463. The number of piperidine rings is 2. The highest BCUT2D eigenvalue weighted by molar-refractivity contribution is 7.98. The number of nitrogen functional groups attached to an aromatic ring is 1. The molecule has 2 aliphatic rings. The summed E-state index contributed by atoms with van der Waals surface area (Å²) in [4.78, 5) is 32.3. The Labute approximate surface area is 362 Å². The number of benzene rings is 2. The van der Waals surface area contributed by atoms with Gasteiger partial charge in [0.25, 0.3) is 0 Å². The molecule has 6 aromatic rings. The number of likely N-dealkylation sites (tertiary alicyclic amines) is 1. The Kier molecular flexibility index (Phi) is 14.3. The molecule has 312 valence electrons. The van der Waals surface area contributed by atoms with Gasteiger partial charge in [0.2, 0.25) is 5.82 Å². The van der Waals surface area contributed by atoms with Gasteiger partial charge in [-0.2, -0.15) is 0 Å². The Bertz CT molecular complexity index is 2380. The molecule has 0 spiro atoms. The Morgan fingerprint density at radius 1 is 0.900 bits per heavy atom. The Morgan fingerprint density at radius 2 is 1.52 bits per heavy atom. The van der Waals surface area contributed by atoms with Gasteiger partial charge < -0.3 is 30.4 Å². The summed E-state index contributed by atoms with van der Waals surface area (Å²) in [5.41, 5.74) is 10.0. The van der Waals surface area contributed by atoms with Gasteiger partial charge in [-0.3, -0.25) is 19.6 Å². The molecule has 2 fully saturated rings. The second-order valence-electron chi connectivity index (χ2n) is 14.5. The van der Waals surface area contributed by atoms with E-state index in [0.29, 0.717) is 16.5 Å². The number of nitro groups is 1. The minimum absolute atomic E-state index is 0.109. The number of thioether (sulfide) groups is 1. The van der Waals surface area contributed by atoms with Gasteiger partial charge in [0.1, 0.15) is 35.0 Å². The van der Waals surface area contributed by atoms with Crippen molar-refractivity contribution in [2.45, 2.75) is 56.4 Å². The van der Waals surface area contributed by atoms with Gasteiger partial charge in [0.15, 0.2) is 10.8 Å². The molecule has 0 amide bonds. The van der Waals surface area contributed by atoms with E-state index >= 15 is 0 Å².